The Balaban J connectivity index is 1.61. The molecule has 0 spiro atoms. The lowest BCUT2D eigenvalue weighted by atomic mass is 9.90. The molecule has 0 bridgehead atoms. The van der Waals surface area contributed by atoms with Crippen LogP contribution in [0.5, 0.6) is 0 Å². The number of sulfonamides is 1. The van der Waals surface area contributed by atoms with Crippen LogP contribution in [0.15, 0.2) is 53.6 Å². The summed E-state index contributed by atoms with van der Waals surface area (Å²) in [6, 6.07) is 10.2. The van der Waals surface area contributed by atoms with Crippen molar-refractivity contribution < 1.29 is 22.7 Å². The van der Waals surface area contributed by atoms with E-state index in [0.717, 1.165) is 34.2 Å². The van der Waals surface area contributed by atoms with Gasteiger partial charge in [0, 0.05) is 29.7 Å². The number of aliphatic carboxylic acids is 1. The van der Waals surface area contributed by atoms with Crippen molar-refractivity contribution in [3.8, 4) is 0 Å². The maximum atomic E-state index is 13.1. The summed E-state index contributed by atoms with van der Waals surface area (Å²) in [5.74, 6) is -1.35. The van der Waals surface area contributed by atoms with Crippen molar-refractivity contribution in [3.05, 3.63) is 65.6 Å². The van der Waals surface area contributed by atoms with Crippen LogP contribution >= 0.6 is 0 Å². The second-order valence-corrected chi connectivity index (χ2v) is 8.70. The van der Waals surface area contributed by atoms with Crippen LogP contribution in [0.3, 0.4) is 0 Å². The summed E-state index contributed by atoms with van der Waals surface area (Å²) in [7, 11) is -3.76. The standard InChI is InChI=1S/C20H19FN2O4S/c21-15-4-6-17(7-5-15)28(26,27)22-16-10-13-2-1-3-18-20(13)14(11-16)12-23(18)9-8-19(24)25/h1-7,12,16,22H,8-11H2,(H,24,25). The van der Waals surface area contributed by atoms with Crippen molar-refractivity contribution in [1.29, 1.82) is 0 Å². The number of hydrogen-bond donors (Lipinski definition) is 2. The van der Waals surface area contributed by atoms with Crippen molar-refractivity contribution in [3.63, 3.8) is 0 Å². The SMILES string of the molecule is O=C(O)CCn1cc2c3c(cccc31)CC(NS(=O)(=O)c1ccc(F)cc1)C2. The van der Waals surface area contributed by atoms with Crippen molar-refractivity contribution in [2.45, 2.75) is 36.7 Å². The molecule has 28 heavy (non-hydrogen) atoms. The number of carbonyl (C=O) groups is 1. The lowest BCUT2D eigenvalue weighted by molar-refractivity contribution is -0.137. The van der Waals surface area contributed by atoms with Gasteiger partial charge in [0.2, 0.25) is 10.0 Å². The summed E-state index contributed by atoms with van der Waals surface area (Å²) in [4.78, 5) is 10.9. The fraction of sp³-hybridized carbons (Fsp3) is 0.250. The van der Waals surface area contributed by atoms with Gasteiger partial charge in [0.05, 0.1) is 11.3 Å². The summed E-state index contributed by atoms with van der Waals surface area (Å²) in [6.45, 7) is 0.362. The van der Waals surface area contributed by atoms with E-state index in [1.807, 2.05) is 29.0 Å². The maximum absolute atomic E-state index is 13.1. The van der Waals surface area contributed by atoms with Gasteiger partial charge in [-0.2, -0.15) is 0 Å². The molecule has 1 atom stereocenters. The van der Waals surface area contributed by atoms with Crippen LogP contribution in [0.25, 0.3) is 10.9 Å². The van der Waals surface area contributed by atoms with Gasteiger partial charge in [0.15, 0.2) is 0 Å². The molecule has 0 saturated carbocycles. The van der Waals surface area contributed by atoms with E-state index in [4.69, 9.17) is 5.11 Å². The molecule has 1 aromatic heterocycles. The van der Waals surface area contributed by atoms with Gasteiger partial charge in [0.1, 0.15) is 5.82 Å². The van der Waals surface area contributed by atoms with Crippen LogP contribution in [0.2, 0.25) is 0 Å². The molecule has 0 saturated heterocycles. The minimum absolute atomic E-state index is 0.0219. The highest BCUT2D eigenvalue weighted by Gasteiger charge is 2.27. The number of aryl methyl sites for hydroxylation is 1. The largest absolute Gasteiger partial charge is 0.481 e. The molecule has 1 heterocycles. The summed E-state index contributed by atoms with van der Waals surface area (Å²) < 4.78 is 43.0. The number of carboxylic acids is 1. The lowest BCUT2D eigenvalue weighted by Gasteiger charge is -2.23. The first kappa shape index (κ1) is 18.6. The van der Waals surface area contributed by atoms with Gasteiger partial charge in [-0.3, -0.25) is 4.79 Å². The van der Waals surface area contributed by atoms with Gasteiger partial charge in [-0.05, 0) is 54.3 Å². The van der Waals surface area contributed by atoms with Crippen LogP contribution in [-0.4, -0.2) is 30.1 Å². The molecule has 0 radical (unpaired) electrons. The summed E-state index contributed by atoms with van der Waals surface area (Å²) in [5, 5.41) is 10.0. The molecule has 1 aliphatic rings. The van der Waals surface area contributed by atoms with Crippen molar-refractivity contribution in [2.75, 3.05) is 0 Å². The molecular formula is C20H19FN2O4S. The van der Waals surface area contributed by atoms with E-state index in [1.54, 1.807) is 0 Å². The second kappa shape index (κ2) is 7.03. The summed E-state index contributed by atoms with van der Waals surface area (Å²) in [6.07, 6.45) is 2.98. The first-order valence-electron chi connectivity index (χ1n) is 8.93. The van der Waals surface area contributed by atoms with Gasteiger partial charge in [-0.25, -0.2) is 17.5 Å². The third-order valence-electron chi connectivity index (χ3n) is 5.02. The van der Waals surface area contributed by atoms with Crippen molar-refractivity contribution in [1.82, 2.24) is 9.29 Å². The molecule has 4 rings (SSSR count). The highest BCUT2D eigenvalue weighted by molar-refractivity contribution is 7.89. The minimum atomic E-state index is -3.76. The van der Waals surface area contributed by atoms with Gasteiger partial charge in [0.25, 0.3) is 0 Å². The maximum Gasteiger partial charge on any atom is 0.305 e. The number of rotatable bonds is 6. The molecule has 1 aliphatic carbocycles. The third-order valence-corrected chi connectivity index (χ3v) is 6.55. The molecule has 146 valence electrons. The Kier molecular flexibility index (Phi) is 4.68. The molecule has 0 aliphatic heterocycles. The van der Waals surface area contributed by atoms with E-state index in [0.29, 0.717) is 19.4 Å². The van der Waals surface area contributed by atoms with E-state index < -0.39 is 21.8 Å². The van der Waals surface area contributed by atoms with Crippen LogP contribution in [-0.2, 0) is 34.2 Å². The quantitative estimate of drug-likeness (QED) is 0.664. The smallest absolute Gasteiger partial charge is 0.305 e. The Bertz CT molecular complexity index is 1150. The van der Waals surface area contributed by atoms with Gasteiger partial charge in [-0.1, -0.05) is 12.1 Å². The first-order chi connectivity index (χ1) is 13.3. The predicted octanol–water partition coefficient (Wildman–Crippen LogP) is 2.70. The van der Waals surface area contributed by atoms with Crippen LogP contribution < -0.4 is 4.72 Å². The van der Waals surface area contributed by atoms with E-state index in [9.17, 15) is 17.6 Å². The first-order valence-corrected chi connectivity index (χ1v) is 10.4. The Morgan fingerprint density at radius 2 is 1.86 bits per heavy atom. The topological polar surface area (TPSA) is 88.4 Å². The fourth-order valence-electron chi connectivity index (χ4n) is 3.83. The molecule has 0 amide bonds. The van der Waals surface area contributed by atoms with Crippen molar-refractivity contribution in [2.24, 2.45) is 0 Å². The molecule has 3 aromatic rings. The zero-order valence-corrected chi connectivity index (χ0v) is 15.7. The van der Waals surface area contributed by atoms with Gasteiger partial charge >= 0.3 is 5.97 Å². The Labute approximate surface area is 161 Å². The highest BCUT2D eigenvalue weighted by Crippen LogP contribution is 2.32. The predicted molar refractivity (Wildman–Crippen MR) is 102 cm³/mol. The number of aromatic nitrogens is 1. The normalized spacial score (nSPS) is 16.4. The average molecular weight is 402 g/mol. The van der Waals surface area contributed by atoms with Crippen LogP contribution in [0, 0.1) is 5.82 Å². The molecule has 2 aromatic carbocycles. The number of halogens is 1. The number of nitrogens with one attached hydrogen (secondary N) is 1. The molecule has 1 unspecified atom stereocenters. The number of nitrogens with zero attached hydrogens (tertiary/aromatic N) is 1. The monoisotopic (exact) mass is 402 g/mol. The highest BCUT2D eigenvalue weighted by atomic mass is 32.2. The summed E-state index contributed by atoms with van der Waals surface area (Å²) in [5.41, 5.74) is 2.99. The zero-order chi connectivity index (χ0) is 19.9. The van der Waals surface area contributed by atoms with Gasteiger partial charge in [-0.15, -0.1) is 0 Å². The van der Waals surface area contributed by atoms with Crippen LogP contribution in [0.1, 0.15) is 17.5 Å². The van der Waals surface area contributed by atoms with Crippen molar-refractivity contribution >= 4 is 26.9 Å². The average Bonchev–Trinajstić information content (AvgIpc) is 2.99. The molecule has 6 nitrogen and oxygen atoms in total. The second-order valence-electron chi connectivity index (χ2n) is 6.98. The summed E-state index contributed by atoms with van der Waals surface area (Å²) >= 11 is 0. The van der Waals surface area contributed by atoms with E-state index in [2.05, 4.69) is 4.72 Å². The van der Waals surface area contributed by atoms with E-state index in [-0.39, 0.29) is 17.4 Å². The Morgan fingerprint density at radius 3 is 2.57 bits per heavy atom. The van der Waals surface area contributed by atoms with Crippen LogP contribution in [0.4, 0.5) is 4.39 Å². The van der Waals surface area contributed by atoms with Gasteiger partial charge < -0.3 is 9.67 Å². The Hall–Kier alpha value is -2.71. The molecule has 8 heteroatoms. The minimum Gasteiger partial charge on any atom is -0.481 e. The number of hydrogen-bond acceptors (Lipinski definition) is 3. The Morgan fingerprint density at radius 1 is 1.14 bits per heavy atom. The number of carboxylic acid groups (broad SMARTS) is 1. The molecule has 0 fully saturated rings. The third kappa shape index (κ3) is 3.53. The molecule has 2 N–H and O–H groups in total. The zero-order valence-electron chi connectivity index (χ0n) is 14.9. The van der Waals surface area contributed by atoms with E-state index in [1.165, 1.54) is 12.1 Å². The molecular weight excluding hydrogens is 383 g/mol. The lowest BCUT2D eigenvalue weighted by Crippen LogP contribution is -2.39. The van der Waals surface area contributed by atoms with E-state index >= 15 is 0 Å². The number of benzene rings is 2. The fourth-order valence-corrected chi connectivity index (χ4v) is 5.07.